The van der Waals surface area contributed by atoms with Crippen LogP contribution in [-0.2, 0) is 0 Å². The van der Waals surface area contributed by atoms with Crippen LogP contribution in [-0.4, -0.2) is 11.1 Å². The minimum absolute atomic E-state index is 0.165. The second-order valence-corrected chi connectivity index (χ2v) is 6.87. The van der Waals surface area contributed by atoms with Gasteiger partial charge in [0.05, 0.1) is 5.56 Å². The van der Waals surface area contributed by atoms with Gasteiger partial charge in [0.15, 0.2) is 0 Å². The van der Waals surface area contributed by atoms with E-state index in [0.29, 0.717) is 23.0 Å². The van der Waals surface area contributed by atoms with Crippen molar-refractivity contribution in [3.05, 3.63) is 70.3 Å². The summed E-state index contributed by atoms with van der Waals surface area (Å²) in [7, 11) is 0. The van der Waals surface area contributed by atoms with Crippen LogP contribution in [0.25, 0.3) is 11.4 Å². The van der Waals surface area contributed by atoms with Gasteiger partial charge in [-0.1, -0.05) is 30.3 Å². The molecule has 2 unspecified atom stereocenters. The Morgan fingerprint density at radius 1 is 0.958 bits per heavy atom. The molecule has 2 aliphatic rings. The highest BCUT2D eigenvalue weighted by molar-refractivity contribution is 5.90. The van der Waals surface area contributed by atoms with Crippen molar-refractivity contribution in [3.63, 3.8) is 0 Å². The van der Waals surface area contributed by atoms with Crippen molar-refractivity contribution in [2.45, 2.75) is 38.0 Å². The zero-order valence-corrected chi connectivity index (χ0v) is 13.6. The predicted molar refractivity (Wildman–Crippen MR) is 92.8 cm³/mol. The zero-order valence-electron chi connectivity index (χ0n) is 13.6. The third-order valence-corrected chi connectivity index (χ3v) is 5.55. The lowest BCUT2D eigenvalue weighted by Crippen LogP contribution is -1.99. The van der Waals surface area contributed by atoms with Gasteiger partial charge in [-0.25, -0.2) is 9.18 Å². The van der Waals surface area contributed by atoms with Crippen molar-refractivity contribution in [2.75, 3.05) is 0 Å². The summed E-state index contributed by atoms with van der Waals surface area (Å²) in [5.74, 6) is 0.0544. The summed E-state index contributed by atoms with van der Waals surface area (Å²) in [5, 5.41) is 8.94. The van der Waals surface area contributed by atoms with E-state index in [1.54, 1.807) is 6.92 Å². The van der Waals surface area contributed by atoms with Crippen molar-refractivity contribution >= 4 is 17.4 Å². The number of allylic oxidation sites excluding steroid dienone is 1. The van der Waals surface area contributed by atoms with Crippen molar-refractivity contribution in [2.24, 2.45) is 0 Å². The summed E-state index contributed by atoms with van der Waals surface area (Å²) in [6, 6.07) is 12.3. The molecule has 24 heavy (non-hydrogen) atoms. The largest absolute Gasteiger partial charge is 0.478 e. The molecule has 4 rings (SSSR count). The molecule has 2 aliphatic carbocycles. The molecule has 2 aromatic rings. The Kier molecular flexibility index (Phi) is 3.52. The van der Waals surface area contributed by atoms with E-state index < -0.39 is 5.97 Å². The summed E-state index contributed by atoms with van der Waals surface area (Å²) in [4.78, 5) is 10.9. The SMILES string of the molecule is C/C(=C(/F)c1ccc(C(=O)O)cc1)c1ccc2c(c1)C1CCC2C1. The fourth-order valence-electron chi connectivity index (χ4n) is 4.18. The van der Waals surface area contributed by atoms with Crippen LogP contribution < -0.4 is 0 Å². The Labute approximate surface area is 140 Å². The first-order valence-electron chi connectivity index (χ1n) is 8.39. The third kappa shape index (κ3) is 2.35. The number of benzene rings is 2. The van der Waals surface area contributed by atoms with E-state index in [2.05, 4.69) is 12.1 Å². The molecule has 1 fully saturated rings. The number of fused-ring (bicyclic) bond motifs is 5. The maximum atomic E-state index is 14.8. The molecule has 2 nitrogen and oxygen atoms in total. The van der Waals surface area contributed by atoms with Gasteiger partial charge in [-0.2, -0.15) is 0 Å². The average molecular weight is 322 g/mol. The molecule has 3 heteroatoms. The molecule has 0 radical (unpaired) electrons. The minimum Gasteiger partial charge on any atom is -0.478 e. The van der Waals surface area contributed by atoms with Gasteiger partial charge >= 0.3 is 5.97 Å². The van der Waals surface area contributed by atoms with Gasteiger partial charge in [0.2, 0.25) is 0 Å². The smallest absolute Gasteiger partial charge is 0.335 e. The standard InChI is InChI=1S/C21H19FO2/c1-12(20(22)13-2-4-14(5-3-13)21(23)24)15-8-9-18-16-6-7-17(10-16)19(18)11-15/h2-5,8-9,11,16-17H,6-7,10H2,1H3,(H,23,24)/b20-12-. The molecule has 1 saturated carbocycles. The Bertz CT molecular complexity index is 849. The number of halogens is 1. The van der Waals surface area contributed by atoms with Crippen LogP contribution in [0.15, 0.2) is 42.5 Å². The molecule has 0 amide bonds. The Morgan fingerprint density at radius 2 is 1.54 bits per heavy atom. The Balaban J connectivity index is 1.69. The molecular formula is C21H19FO2. The van der Waals surface area contributed by atoms with Gasteiger partial charge in [-0.3, -0.25) is 0 Å². The molecule has 0 aromatic heterocycles. The maximum absolute atomic E-state index is 14.8. The predicted octanol–water partition coefficient (Wildman–Crippen LogP) is 5.61. The fraction of sp³-hybridized carbons (Fsp3) is 0.286. The fourth-order valence-corrected chi connectivity index (χ4v) is 4.18. The molecule has 0 heterocycles. The van der Waals surface area contributed by atoms with Gasteiger partial charge in [0, 0.05) is 5.56 Å². The van der Waals surface area contributed by atoms with E-state index in [1.807, 2.05) is 6.07 Å². The van der Waals surface area contributed by atoms with E-state index >= 15 is 0 Å². The van der Waals surface area contributed by atoms with Crippen LogP contribution in [0.5, 0.6) is 0 Å². The van der Waals surface area contributed by atoms with Crippen LogP contribution in [0.1, 0.15) is 70.6 Å². The highest BCUT2D eigenvalue weighted by atomic mass is 19.1. The van der Waals surface area contributed by atoms with Gasteiger partial charge in [-0.15, -0.1) is 0 Å². The first kappa shape index (κ1) is 15.1. The van der Waals surface area contributed by atoms with Crippen molar-refractivity contribution in [3.8, 4) is 0 Å². The van der Waals surface area contributed by atoms with E-state index in [-0.39, 0.29) is 11.4 Å². The topological polar surface area (TPSA) is 37.3 Å². The van der Waals surface area contributed by atoms with Crippen LogP contribution in [0.3, 0.4) is 0 Å². The van der Waals surface area contributed by atoms with Gasteiger partial charge < -0.3 is 5.11 Å². The summed E-state index contributed by atoms with van der Waals surface area (Å²) in [5.41, 5.74) is 4.95. The lowest BCUT2D eigenvalue weighted by atomic mass is 9.89. The van der Waals surface area contributed by atoms with Crippen molar-refractivity contribution < 1.29 is 14.3 Å². The van der Waals surface area contributed by atoms with Gasteiger partial charge in [0.1, 0.15) is 5.83 Å². The molecule has 1 N–H and O–H groups in total. The summed E-state index contributed by atoms with van der Waals surface area (Å²) >= 11 is 0. The normalized spacial score (nSPS) is 22.2. The minimum atomic E-state index is -1.00. The zero-order chi connectivity index (χ0) is 16.8. The maximum Gasteiger partial charge on any atom is 0.335 e. The highest BCUT2D eigenvalue weighted by Gasteiger charge is 2.36. The summed E-state index contributed by atoms with van der Waals surface area (Å²) in [6.07, 6.45) is 3.79. The molecule has 0 aliphatic heterocycles. The number of aromatic carboxylic acids is 1. The molecule has 2 aromatic carbocycles. The number of carbonyl (C=O) groups is 1. The Morgan fingerprint density at radius 3 is 2.21 bits per heavy atom. The van der Waals surface area contributed by atoms with Crippen molar-refractivity contribution in [1.82, 2.24) is 0 Å². The second-order valence-electron chi connectivity index (χ2n) is 6.87. The molecular weight excluding hydrogens is 303 g/mol. The summed E-state index contributed by atoms with van der Waals surface area (Å²) < 4.78 is 14.8. The van der Waals surface area contributed by atoms with Crippen LogP contribution in [0.4, 0.5) is 4.39 Å². The van der Waals surface area contributed by atoms with E-state index in [1.165, 1.54) is 54.7 Å². The van der Waals surface area contributed by atoms with E-state index in [4.69, 9.17) is 5.11 Å². The van der Waals surface area contributed by atoms with Crippen LogP contribution >= 0.6 is 0 Å². The number of carboxylic acids is 1. The van der Waals surface area contributed by atoms with Crippen LogP contribution in [0.2, 0.25) is 0 Å². The lowest BCUT2D eigenvalue weighted by molar-refractivity contribution is 0.0697. The van der Waals surface area contributed by atoms with E-state index in [9.17, 15) is 9.18 Å². The molecule has 2 bridgehead atoms. The first-order valence-corrected chi connectivity index (χ1v) is 8.39. The highest BCUT2D eigenvalue weighted by Crippen LogP contribution is 2.53. The molecule has 2 atom stereocenters. The van der Waals surface area contributed by atoms with E-state index in [0.717, 1.165) is 5.56 Å². The number of hydrogen-bond acceptors (Lipinski definition) is 1. The molecule has 122 valence electrons. The van der Waals surface area contributed by atoms with Gasteiger partial charge in [0.25, 0.3) is 0 Å². The monoisotopic (exact) mass is 322 g/mol. The Hall–Kier alpha value is -2.42. The molecule has 0 saturated heterocycles. The second kappa shape index (κ2) is 5.59. The number of carboxylic acid groups (broad SMARTS) is 1. The summed E-state index contributed by atoms with van der Waals surface area (Å²) in [6.45, 7) is 1.79. The van der Waals surface area contributed by atoms with Gasteiger partial charge in [-0.05, 0) is 72.4 Å². The van der Waals surface area contributed by atoms with Crippen LogP contribution in [0, 0.1) is 0 Å². The average Bonchev–Trinajstić information content (AvgIpc) is 3.22. The third-order valence-electron chi connectivity index (χ3n) is 5.55. The lowest BCUT2D eigenvalue weighted by Gasteiger charge is -2.16. The van der Waals surface area contributed by atoms with Crippen molar-refractivity contribution in [1.29, 1.82) is 0 Å². The quantitative estimate of drug-likeness (QED) is 0.746. The first-order chi connectivity index (χ1) is 11.5. The number of rotatable bonds is 3. The number of hydrogen-bond donors (Lipinski definition) is 1. The molecule has 0 spiro atoms.